The Hall–Kier alpha value is -1.82. The molecule has 0 bridgehead atoms. The van der Waals surface area contributed by atoms with Crippen molar-refractivity contribution in [2.75, 3.05) is 5.73 Å². The molecular weight excluding hydrogens is 258 g/mol. The molecule has 100 valence electrons. The van der Waals surface area contributed by atoms with Crippen LogP contribution in [0.2, 0.25) is 0 Å². The zero-order valence-electron chi connectivity index (χ0n) is 11.3. The number of nitrogen functional groups attached to an aromatic ring is 1. The van der Waals surface area contributed by atoms with Crippen LogP contribution in [0.15, 0.2) is 11.4 Å². The Kier molecular flexibility index (Phi) is 2.82. The standard InChI is InChI=1S/C13H17N5S/c1-4-9-5-6-19-10(9)7-18-12-11(15-13(18)14)8(2)16-17(12)3/h5-6H,4,7H2,1-3H3,(H2,14,15). The van der Waals surface area contributed by atoms with Gasteiger partial charge < -0.3 is 5.73 Å². The van der Waals surface area contributed by atoms with Crippen molar-refractivity contribution < 1.29 is 0 Å². The van der Waals surface area contributed by atoms with Gasteiger partial charge in [0, 0.05) is 11.9 Å². The molecule has 0 aliphatic rings. The fourth-order valence-corrected chi connectivity index (χ4v) is 3.44. The van der Waals surface area contributed by atoms with Crippen LogP contribution >= 0.6 is 11.3 Å². The van der Waals surface area contributed by atoms with E-state index in [1.54, 1.807) is 11.3 Å². The smallest absolute Gasteiger partial charge is 0.202 e. The zero-order chi connectivity index (χ0) is 13.6. The maximum Gasteiger partial charge on any atom is 0.202 e. The summed E-state index contributed by atoms with van der Waals surface area (Å²) in [7, 11) is 1.93. The molecule has 0 radical (unpaired) electrons. The summed E-state index contributed by atoms with van der Waals surface area (Å²) < 4.78 is 3.90. The summed E-state index contributed by atoms with van der Waals surface area (Å²) >= 11 is 1.77. The number of nitrogens with two attached hydrogens (primary N) is 1. The van der Waals surface area contributed by atoms with E-state index in [4.69, 9.17) is 5.73 Å². The molecule has 0 saturated heterocycles. The van der Waals surface area contributed by atoms with Crippen LogP contribution in [0.4, 0.5) is 5.95 Å². The van der Waals surface area contributed by atoms with Crippen LogP contribution in [-0.2, 0) is 20.0 Å². The van der Waals surface area contributed by atoms with Crippen LogP contribution in [-0.4, -0.2) is 19.3 Å². The van der Waals surface area contributed by atoms with Gasteiger partial charge in [0.1, 0.15) is 5.52 Å². The van der Waals surface area contributed by atoms with E-state index in [-0.39, 0.29) is 0 Å². The molecule has 0 saturated carbocycles. The number of imidazole rings is 1. The van der Waals surface area contributed by atoms with Gasteiger partial charge in [-0.3, -0.25) is 9.25 Å². The third kappa shape index (κ3) is 1.83. The van der Waals surface area contributed by atoms with E-state index >= 15 is 0 Å². The molecule has 0 spiro atoms. The number of fused-ring (bicyclic) bond motifs is 1. The first-order valence-corrected chi connectivity index (χ1v) is 7.20. The summed E-state index contributed by atoms with van der Waals surface area (Å²) in [5, 5.41) is 6.54. The van der Waals surface area contributed by atoms with E-state index in [2.05, 4.69) is 28.5 Å². The highest BCUT2D eigenvalue weighted by Gasteiger charge is 2.16. The SMILES string of the molecule is CCc1ccsc1Cn1c(N)nc2c(C)nn(C)c21. The van der Waals surface area contributed by atoms with Gasteiger partial charge >= 0.3 is 0 Å². The van der Waals surface area contributed by atoms with Crippen LogP contribution in [0.1, 0.15) is 23.1 Å². The fourth-order valence-electron chi connectivity index (χ4n) is 2.47. The van der Waals surface area contributed by atoms with Crippen LogP contribution < -0.4 is 5.73 Å². The fraction of sp³-hybridized carbons (Fsp3) is 0.385. The Morgan fingerprint density at radius 1 is 1.42 bits per heavy atom. The molecule has 0 amide bonds. The van der Waals surface area contributed by atoms with Crippen molar-refractivity contribution in [3.63, 3.8) is 0 Å². The molecule has 3 heterocycles. The molecule has 0 aliphatic heterocycles. The predicted molar refractivity (Wildman–Crippen MR) is 78.4 cm³/mol. The van der Waals surface area contributed by atoms with Crippen molar-refractivity contribution in [1.82, 2.24) is 19.3 Å². The van der Waals surface area contributed by atoms with E-state index in [1.165, 1.54) is 10.4 Å². The molecular formula is C13H17N5S. The van der Waals surface area contributed by atoms with Crippen LogP contribution in [0.3, 0.4) is 0 Å². The second kappa shape index (κ2) is 4.38. The minimum absolute atomic E-state index is 0.557. The molecule has 0 fully saturated rings. The Morgan fingerprint density at radius 3 is 2.95 bits per heavy atom. The summed E-state index contributed by atoms with van der Waals surface area (Å²) in [5.74, 6) is 0.557. The monoisotopic (exact) mass is 275 g/mol. The largest absolute Gasteiger partial charge is 0.369 e. The second-order valence-electron chi connectivity index (χ2n) is 4.66. The van der Waals surface area contributed by atoms with Crippen molar-refractivity contribution in [1.29, 1.82) is 0 Å². The normalized spacial score (nSPS) is 11.5. The zero-order valence-corrected chi connectivity index (χ0v) is 12.2. The molecule has 0 unspecified atom stereocenters. The number of aromatic nitrogens is 4. The molecule has 2 N–H and O–H groups in total. The third-order valence-electron chi connectivity index (χ3n) is 3.44. The van der Waals surface area contributed by atoms with Gasteiger partial charge in [-0.05, 0) is 30.4 Å². The van der Waals surface area contributed by atoms with E-state index in [0.717, 1.165) is 29.8 Å². The maximum absolute atomic E-state index is 6.06. The van der Waals surface area contributed by atoms with E-state index in [1.807, 2.05) is 23.2 Å². The first-order chi connectivity index (χ1) is 9.11. The first-order valence-electron chi connectivity index (χ1n) is 6.32. The number of hydrogen-bond acceptors (Lipinski definition) is 4. The van der Waals surface area contributed by atoms with Gasteiger partial charge in [-0.25, -0.2) is 4.98 Å². The summed E-state index contributed by atoms with van der Waals surface area (Å²) in [5.41, 5.74) is 10.2. The van der Waals surface area contributed by atoms with Crippen LogP contribution in [0, 0.1) is 6.92 Å². The molecule has 0 aromatic carbocycles. The minimum atomic E-state index is 0.557. The van der Waals surface area contributed by atoms with E-state index in [9.17, 15) is 0 Å². The number of nitrogens with zero attached hydrogens (tertiary/aromatic N) is 4. The average molecular weight is 275 g/mol. The van der Waals surface area contributed by atoms with Gasteiger partial charge in [0.15, 0.2) is 5.65 Å². The Balaban J connectivity index is 2.12. The molecule has 0 atom stereocenters. The van der Waals surface area contributed by atoms with E-state index < -0.39 is 0 Å². The quantitative estimate of drug-likeness (QED) is 0.798. The third-order valence-corrected chi connectivity index (χ3v) is 4.39. The van der Waals surface area contributed by atoms with E-state index in [0.29, 0.717) is 5.95 Å². The van der Waals surface area contributed by atoms with Gasteiger partial charge in [0.05, 0.1) is 12.2 Å². The van der Waals surface area contributed by atoms with Crippen molar-refractivity contribution in [2.24, 2.45) is 7.05 Å². The second-order valence-corrected chi connectivity index (χ2v) is 5.66. The molecule has 3 aromatic heterocycles. The minimum Gasteiger partial charge on any atom is -0.369 e. The van der Waals surface area contributed by atoms with Crippen LogP contribution in [0.25, 0.3) is 11.2 Å². The van der Waals surface area contributed by atoms with Gasteiger partial charge in [0.25, 0.3) is 0 Å². The summed E-state index contributed by atoms with van der Waals surface area (Å²) in [4.78, 5) is 5.77. The molecule has 6 heteroatoms. The summed E-state index contributed by atoms with van der Waals surface area (Å²) in [6.45, 7) is 4.90. The molecule has 3 rings (SSSR count). The lowest BCUT2D eigenvalue weighted by Gasteiger charge is -2.07. The number of hydrogen-bond donors (Lipinski definition) is 1. The molecule has 5 nitrogen and oxygen atoms in total. The van der Waals surface area contributed by atoms with Gasteiger partial charge in [-0.15, -0.1) is 11.3 Å². The molecule has 0 aliphatic carbocycles. The lowest BCUT2D eigenvalue weighted by Crippen LogP contribution is -2.08. The number of thiophene rings is 1. The van der Waals surface area contributed by atoms with Crippen LogP contribution in [0.5, 0.6) is 0 Å². The number of anilines is 1. The molecule has 19 heavy (non-hydrogen) atoms. The van der Waals surface area contributed by atoms with Gasteiger partial charge in [-0.2, -0.15) is 5.10 Å². The summed E-state index contributed by atoms with van der Waals surface area (Å²) in [6, 6.07) is 2.18. The molecule has 3 aromatic rings. The predicted octanol–water partition coefficient (Wildman–Crippen LogP) is 2.33. The van der Waals surface area contributed by atoms with Gasteiger partial charge in [-0.1, -0.05) is 6.92 Å². The topological polar surface area (TPSA) is 61.7 Å². The summed E-state index contributed by atoms with van der Waals surface area (Å²) in [6.07, 6.45) is 1.04. The van der Waals surface area contributed by atoms with Crippen molar-refractivity contribution >= 4 is 28.4 Å². The average Bonchev–Trinajstić information content (AvgIpc) is 3.01. The lowest BCUT2D eigenvalue weighted by atomic mass is 10.2. The maximum atomic E-state index is 6.06. The first kappa shape index (κ1) is 12.2. The van der Waals surface area contributed by atoms with Crippen molar-refractivity contribution in [3.05, 3.63) is 27.6 Å². The number of rotatable bonds is 3. The van der Waals surface area contributed by atoms with Crippen molar-refractivity contribution in [3.8, 4) is 0 Å². The highest BCUT2D eigenvalue weighted by Crippen LogP contribution is 2.25. The Morgan fingerprint density at radius 2 is 2.21 bits per heavy atom. The highest BCUT2D eigenvalue weighted by atomic mass is 32.1. The van der Waals surface area contributed by atoms with Crippen molar-refractivity contribution in [2.45, 2.75) is 26.8 Å². The van der Waals surface area contributed by atoms with Gasteiger partial charge in [0.2, 0.25) is 5.95 Å². The Bertz CT molecular complexity index is 734. The lowest BCUT2D eigenvalue weighted by molar-refractivity contribution is 0.727. The number of aryl methyl sites for hydroxylation is 3. The highest BCUT2D eigenvalue weighted by molar-refractivity contribution is 7.10. The Labute approximate surface area is 115 Å².